The number of aromatic nitrogens is 2. The Morgan fingerprint density at radius 2 is 2.28 bits per heavy atom. The molecule has 2 heterocycles. The van der Waals surface area contributed by atoms with E-state index in [9.17, 15) is 0 Å². The van der Waals surface area contributed by atoms with Gasteiger partial charge in [0.1, 0.15) is 12.4 Å². The Hall–Kier alpha value is -1.39. The number of likely N-dealkylation sites (tertiary alicyclic amines) is 1. The first kappa shape index (κ1) is 11.7. The first-order valence-corrected chi connectivity index (χ1v) is 6.35. The Morgan fingerprint density at radius 3 is 3.06 bits per heavy atom. The van der Waals surface area contributed by atoms with Gasteiger partial charge in [-0.2, -0.15) is 0 Å². The molecule has 1 aromatic carbocycles. The van der Waals surface area contributed by atoms with Crippen molar-refractivity contribution in [3.63, 3.8) is 0 Å². The third-order valence-corrected chi connectivity index (χ3v) is 3.42. The third kappa shape index (κ3) is 2.26. The standard InChI is InChI=1S/C13H14ClN3O/c1-17-5-4-10(7-17)18-13-11-6-9(14)2-3-12(11)15-8-16-13/h2-3,6,8,10H,4-5,7H2,1H3. The molecule has 0 N–H and O–H groups in total. The van der Waals surface area contributed by atoms with Crippen molar-refractivity contribution in [1.29, 1.82) is 0 Å². The summed E-state index contributed by atoms with van der Waals surface area (Å²) in [6.07, 6.45) is 2.76. The zero-order valence-corrected chi connectivity index (χ0v) is 10.9. The summed E-state index contributed by atoms with van der Waals surface area (Å²) in [6.45, 7) is 2.00. The van der Waals surface area contributed by atoms with Crippen LogP contribution in [0.25, 0.3) is 10.9 Å². The van der Waals surface area contributed by atoms with E-state index in [0.29, 0.717) is 10.9 Å². The minimum absolute atomic E-state index is 0.201. The maximum Gasteiger partial charge on any atom is 0.224 e. The lowest BCUT2D eigenvalue weighted by atomic mass is 10.2. The molecule has 1 atom stereocenters. The molecule has 0 saturated carbocycles. The van der Waals surface area contributed by atoms with Gasteiger partial charge < -0.3 is 9.64 Å². The van der Waals surface area contributed by atoms with Crippen LogP contribution in [0.15, 0.2) is 24.5 Å². The number of benzene rings is 1. The number of fused-ring (bicyclic) bond motifs is 1. The van der Waals surface area contributed by atoms with Crippen molar-refractivity contribution in [3.8, 4) is 5.88 Å². The molecule has 1 unspecified atom stereocenters. The predicted octanol–water partition coefficient (Wildman–Crippen LogP) is 2.37. The minimum Gasteiger partial charge on any atom is -0.472 e. The fourth-order valence-corrected chi connectivity index (χ4v) is 2.42. The Morgan fingerprint density at radius 1 is 1.39 bits per heavy atom. The number of nitrogens with zero attached hydrogens (tertiary/aromatic N) is 3. The maximum atomic E-state index is 6.01. The topological polar surface area (TPSA) is 38.2 Å². The average molecular weight is 264 g/mol. The van der Waals surface area contributed by atoms with Crippen molar-refractivity contribution >= 4 is 22.5 Å². The van der Waals surface area contributed by atoms with Crippen LogP contribution in [0.1, 0.15) is 6.42 Å². The molecule has 1 saturated heterocycles. The summed E-state index contributed by atoms with van der Waals surface area (Å²) in [5, 5.41) is 1.55. The van der Waals surface area contributed by atoms with E-state index in [-0.39, 0.29) is 6.10 Å². The SMILES string of the molecule is CN1CCC(Oc2ncnc3ccc(Cl)cc23)C1. The Kier molecular flexibility index (Phi) is 3.06. The molecule has 94 valence electrons. The van der Waals surface area contributed by atoms with Crippen LogP contribution in [0.5, 0.6) is 5.88 Å². The number of hydrogen-bond donors (Lipinski definition) is 0. The van der Waals surface area contributed by atoms with E-state index < -0.39 is 0 Å². The van der Waals surface area contributed by atoms with E-state index in [2.05, 4.69) is 21.9 Å². The summed E-state index contributed by atoms with van der Waals surface area (Å²) in [5.74, 6) is 0.628. The first-order chi connectivity index (χ1) is 8.72. The number of halogens is 1. The van der Waals surface area contributed by atoms with Crippen molar-refractivity contribution in [3.05, 3.63) is 29.5 Å². The molecule has 1 aliphatic heterocycles. The molecule has 4 nitrogen and oxygen atoms in total. The largest absolute Gasteiger partial charge is 0.472 e. The number of likely N-dealkylation sites (N-methyl/N-ethyl adjacent to an activating group) is 1. The third-order valence-electron chi connectivity index (χ3n) is 3.19. The van der Waals surface area contributed by atoms with E-state index in [1.165, 1.54) is 6.33 Å². The molecule has 0 radical (unpaired) electrons. The Balaban J connectivity index is 1.93. The fraction of sp³-hybridized carbons (Fsp3) is 0.385. The number of hydrogen-bond acceptors (Lipinski definition) is 4. The fourth-order valence-electron chi connectivity index (χ4n) is 2.25. The summed E-state index contributed by atoms with van der Waals surface area (Å²) in [6, 6.07) is 5.56. The average Bonchev–Trinajstić information content (AvgIpc) is 2.76. The predicted molar refractivity (Wildman–Crippen MR) is 71.1 cm³/mol. The van der Waals surface area contributed by atoms with Crippen LogP contribution in [0.2, 0.25) is 5.02 Å². The second-order valence-corrected chi connectivity index (χ2v) is 5.07. The van der Waals surface area contributed by atoms with Gasteiger partial charge in [0, 0.05) is 18.1 Å². The van der Waals surface area contributed by atoms with E-state index in [1.54, 1.807) is 0 Å². The molecule has 1 fully saturated rings. The highest BCUT2D eigenvalue weighted by Crippen LogP contribution is 2.26. The molecule has 0 bridgehead atoms. The molecule has 3 rings (SSSR count). The van der Waals surface area contributed by atoms with Gasteiger partial charge in [0.2, 0.25) is 5.88 Å². The summed E-state index contributed by atoms with van der Waals surface area (Å²) >= 11 is 6.01. The summed E-state index contributed by atoms with van der Waals surface area (Å²) < 4.78 is 5.96. The monoisotopic (exact) mass is 263 g/mol. The Labute approximate surface area is 111 Å². The van der Waals surface area contributed by atoms with Crippen LogP contribution in [0, 0.1) is 0 Å². The lowest BCUT2D eigenvalue weighted by Crippen LogP contribution is -2.21. The van der Waals surface area contributed by atoms with Crippen LogP contribution < -0.4 is 4.74 Å². The molecule has 0 amide bonds. The molecule has 1 aromatic heterocycles. The van der Waals surface area contributed by atoms with Crippen molar-refractivity contribution in [2.75, 3.05) is 20.1 Å². The minimum atomic E-state index is 0.201. The molecule has 5 heteroatoms. The molecule has 0 aliphatic carbocycles. The molecule has 2 aromatic rings. The second-order valence-electron chi connectivity index (χ2n) is 4.63. The number of rotatable bonds is 2. The summed E-state index contributed by atoms with van der Waals surface area (Å²) in [7, 11) is 2.10. The lowest BCUT2D eigenvalue weighted by molar-refractivity contribution is 0.202. The summed E-state index contributed by atoms with van der Waals surface area (Å²) in [5.41, 5.74) is 0.857. The smallest absolute Gasteiger partial charge is 0.224 e. The first-order valence-electron chi connectivity index (χ1n) is 5.98. The van der Waals surface area contributed by atoms with Gasteiger partial charge in [-0.3, -0.25) is 0 Å². The highest BCUT2D eigenvalue weighted by molar-refractivity contribution is 6.31. The van der Waals surface area contributed by atoms with E-state index in [0.717, 1.165) is 30.4 Å². The van der Waals surface area contributed by atoms with Crippen LogP contribution in [0.4, 0.5) is 0 Å². The van der Waals surface area contributed by atoms with Crippen LogP contribution in [-0.4, -0.2) is 41.1 Å². The van der Waals surface area contributed by atoms with Gasteiger partial charge in [0.15, 0.2) is 0 Å². The molecular weight excluding hydrogens is 250 g/mol. The quantitative estimate of drug-likeness (QED) is 0.834. The summed E-state index contributed by atoms with van der Waals surface area (Å²) in [4.78, 5) is 10.7. The molecule has 18 heavy (non-hydrogen) atoms. The van der Waals surface area contributed by atoms with E-state index in [1.807, 2.05) is 18.2 Å². The van der Waals surface area contributed by atoms with Crippen LogP contribution in [-0.2, 0) is 0 Å². The zero-order valence-electron chi connectivity index (χ0n) is 10.1. The van der Waals surface area contributed by atoms with Gasteiger partial charge in [-0.15, -0.1) is 0 Å². The highest BCUT2D eigenvalue weighted by Gasteiger charge is 2.22. The number of ether oxygens (including phenoxy) is 1. The van der Waals surface area contributed by atoms with Crippen LogP contribution in [0.3, 0.4) is 0 Å². The van der Waals surface area contributed by atoms with E-state index in [4.69, 9.17) is 16.3 Å². The van der Waals surface area contributed by atoms with Crippen molar-refractivity contribution in [2.45, 2.75) is 12.5 Å². The van der Waals surface area contributed by atoms with Gasteiger partial charge in [0.05, 0.1) is 10.9 Å². The van der Waals surface area contributed by atoms with Crippen molar-refractivity contribution < 1.29 is 4.74 Å². The van der Waals surface area contributed by atoms with Gasteiger partial charge in [-0.05, 0) is 31.7 Å². The van der Waals surface area contributed by atoms with E-state index >= 15 is 0 Å². The van der Waals surface area contributed by atoms with Crippen molar-refractivity contribution in [2.24, 2.45) is 0 Å². The second kappa shape index (κ2) is 4.71. The van der Waals surface area contributed by atoms with Crippen LogP contribution >= 0.6 is 11.6 Å². The van der Waals surface area contributed by atoms with Gasteiger partial charge in [0.25, 0.3) is 0 Å². The molecular formula is C13H14ClN3O. The highest BCUT2D eigenvalue weighted by atomic mass is 35.5. The normalized spacial score (nSPS) is 20.4. The zero-order chi connectivity index (χ0) is 12.5. The Bertz CT molecular complexity index is 575. The maximum absolute atomic E-state index is 6.01. The van der Waals surface area contributed by atoms with Crippen molar-refractivity contribution in [1.82, 2.24) is 14.9 Å². The molecule has 0 spiro atoms. The van der Waals surface area contributed by atoms with Gasteiger partial charge in [-0.1, -0.05) is 11.6 Å². The lowest BCUT2D eigenvalue weighted by Gasteiger charge is -2.14. The van der Waals surface area contributed by atoms with Gasteiger partial charge >= 0.3 is 0 Å². The molecule has 1 aliphatic rings. The van der Waals surface area contributed by atoms with Gasteiger partial charge in [-0.25, -0.2) is 9.97 Å².